The molecule has 0 atom stereocenters. The number of hydrogen-bond acceptors (Lipinski definition) is 6. The fourth-order valence-corrected chi connectivity index (χ4v) is 5.22. The summed E-state index contributed by atoms with van der Waals surface area (Å²) in [7, 11) is 0. The molecular formula is C29H32N4O3S. The number of pyridine rings is 1. The summed E-state index contributed by atoms with van der Waals surface area (Å²) < 4.78 is 13.7. The monoisotopic (exact) mass is 516 g/mol. The van der Waals surface area contributed by atoms with Crippen LogP contribution in [0.25, 0.3) is 22.2 Å². The van der Waals surface area contributed by atoms with Crippen LogP contribution in [0.2, 0.25) is 0 Å². The number of amides is 1. The number of carbonyl (C=O) groups is 1. The molecule has 7 nitrogen and oxygen atoms in total. The smallest absolute Gasteiger partial charge is 0.411 e. The van der Waals surface area contributed by atoms with Crippen molar-refractivity contribution in [2.45, 2.75) is 50.3 Å². The third-order valence-corrected chi connectivity index (χ3v) is 7.35. The largest absolute Gasteiger partial charge is 0.493 e. The quantitative estimate of drug-likeness (QED) is 0.181. The van der Waals surface area contributed by atoms with Gasteiger partial charge in [0.15, 0.2) is 0 Å². The maximum absolute atomic E-state index is 12.0. The first-order chi connectivity index (χ1) is 18.0. The Kier molecular flexibility index (Phi) is 7.55. The van der Waals surface area contributed by atoms with Crippen LogP contribution in [0.4, 0.5) is 16.2 Å². The van der Waals surface area contributed by atoms with Gasteiger partial charge in [-0.05, 0) is 69.5 Å². The van der Waals surface area contributed by atoms with Crippen LogP contribution in [-0.4, -0.2) is 34.1 Å². The molecule has 1 amide bonds. The molecule has 37 heavy (non-hydrogen) atoms. The topological polar surface area (TPSA) is 91.4 Å². The third-order valence-electron chi connectivity index (χ3n) is 6.44. The third kappa shape index (κ3) is 5.69. The highest BCUT2D eigenvalue weighted by atomic mass is 32.2. The lowest BCUT2D eigenvalue weighted by Crippen LogP contribution is -2.18. The summed E-state index contributed by atoms with van der Waals surface area (Å²) in [4.78, 5) is 16.3. The van der Waals surface area contributed by atoms with Gasteiger partial charge in [0.05, 0.1) is 34.6 Å². The minimum atomic E-state index is -0.461. The predicted octanol–water partition coefficient (Wildman–Crippen LogP) is 7.14. The Morgan fingerprint density at radius 3 is 2.65 bits per heavy atom. The van der Waals surface area contributed by atoms with Gasteiger partial charge in [-0.2, -0.15) is 0 Å². The van der Waals surface area contributed by atoms with Crippen molar-refractivity contribution in [2.75, 3.05) is 23.4 Å². The van der Waals surface area contributed by atoms with Gasteiger partial charge in [-0.15, -0.1) is 11.8 Å². The molecule has 0 bridgehead atoms. The zero-order valence-electron chi connectivity index (χ0n) is 21.1. The number of nitrogens with zero attached hydrogens (tertiary/aromatic N) is 2. The van der Waals surface area contributed by atoms with Crippen molar-refractivity contribution in [1.82, 2.24) is 9.55 Å². The van der Waals surface area contributed by atoms with Gasteiger partial charge in [-0.1, -0.05) is 18.2 Å². The van der Waals surface area contributed by atoms with Crippen LogP contribution in [-0.2, 0) is 4.74 Å². The van der Waals surface area contributed by atoms with Gasteiger partial charge < -0.3 is 19.8 Å². The van der Waals surface area contributed by atoms with E-state index in [-0.39, 0.29) is 6.10 Å². The second-order valence-corrected chi connectivity index (χ2v) is 10.5. The van der Waals surface area contributed by atoms with Gasteiger partial charge >= 0.3 is 6.09 Å². The number of hydrogen-bond donors (Lipinski definition) is 2. The molecule has 192 valence electrons. The van der Waals surface area contributed by atoms with E-state index in [1.807, 2.05) is 62.4 Å². The van der Waals surface area contributed by atoms with E-state index < -0.39 is 6.09 Å². The summed E-state index contributed by atoms with van der Waals surface area (Å²) >= 11 is 1.68. The van der Waals surface area contributed by atoms with E-state index >= 15 is 0 Å². The lowest BCUT2D eigenvalue weighted by molar-refractivity contribution is 0.130. The lowest BCUT2D eigenvalue weighted by atomic mass is 9.92. The fraction of sp³-hybridized carbons (Fsp3) is 0.310. The summed E-state index contributed by atoms with van der Waals surface area (Å²) in [6.07, 6.45) is 4.64. The molecule has 2 aromatic heterocycles. The Morgan fingerprint density at radius 1 is 1.16 bits per heavy atom. The van der Waals surface area contributed by atoms with Gasteiger partial charge in [-0.25, -0.2) is 9.78 Å². The van der Waals surface area contributed by atoms with Gasteiger partial charge in [0, 0.05) is 40.7 Å². The molecule has 5 rings (SSSR count). The first kappa shape index (κ1) is 25.0. The molecule has 4 aromatic rings. The Balaban J connectivity index is 1.37. The predicted molar refractivity (Wildman–Crippen MR) is 150 cm³/mol. The number of benzene rings is 2. The second kappa shape index (κ2) is 11.2. The van der Waals surface area contributed by atoms with E-state index in [4.69, 9.17) is 15.2 Å². The number of nitrogens with two attached hydrogens (primary N) is 1. The number of fused-ring (bicyclic) bond motifs is 1. The normalized spacial score (nSPS) is 13.5. The molecule has 0 saturated heterocycles. The highest BCUT2D eigenvalue weighted by Crippen LogP contribution is 2.45. The summed E-state index contributed by atoms with van der Waals surface area (Å²) in [5.41, 5.74) is 11.3. The maximum Gasteiger partial charge on any atom is 0.411 e. The standard InChI is InChI=1S/C29H32N4O3S/c1-19(2)36-29(34)32-21-11-9-20(10-12-21)28-27(30)24-14-13-23(18-25(24)33(28)22-6-5-7-22)35-16-17-37-26-8-3-4-15-31-26/h3-4,8-15,18-19,22H,5-7,16-17,30H2,1-2H3,(H,32,34). The number of anilines is 2. The number of nitrogens with one attached hydrogen (secondary N) is 1. The van der Waals surface area contributed by atoms with E-state index in [2.05, 4.69) is 27.0 Å². The molecule has 1 aliphatic carbocycles. The number of rotatable bonds is 9. The van der Waals surface area contributed by atoms with Crippen molar-refractivity contribution in [3.63, 3.8) is 0 Å². The highest BCUT2D eigenvalue weighted by Gasteiger charge is 2.27. The molecular weight excluding hydrogens is 484 g/mol. The highest BCUT2D eigenvalue weighted by molar-refractivity contribution is 7.99. The molecule has 0 aliphatic heterocycles. The minimum absolute atomic E-state index is 0.175. The molecule has 0 radical (unpaired) electrons. The Hall–Kier alpha value is -3.65. The van der Waals surface area contributed by atoms with E-state index in [1.54, 1.807) is 18.0 Å². The van der Waals surface area contributed by atoms with E-state index in [0.29, 0.717) is 18.3 Å². The fourth-order valence-electron chi connectivity index (χ4n) is 4.54. The van der Waals surface area contributed by atoms with Crippen LogP contribution in [0.5, 0.6) is 5.75 Å². The van der Waals surface area contributed by atoms with Crippen molar-refractivity contribution in [3.8, 4) is 17.0 Å². The Labute approximate surface area is 221 Å². The number of nitrogen functional groups attached to an aromatic ring is 1. The lowest BCUT2D eigenvalue weighted by Gasteiger charge is -2.30. The average Bonchev–Trinajstić information content (AvgIpc) is 3.13. The zero-order valence-corrected chi connectivity index (χ0v) is 22.0. The molecule has 8 heteroatoms. The number of thioether (sulfide) groups is 1. The molecule has 0 unspecified atom stereocenters. The van der Waals surface area contributed by atoms with Crippen molar-refractivity contribution >= 4 is 40.1 Å². The van der Waals surface area contributed by atoms with Gasteiger partial charge in [-0.3, -0.25) is 5.32 Å². The summed E-state index contributed by atoms with van der Waals surface area (Å²) in [6.45, 7) is 4.23. The molecule has 1 fully saturated rings. The Morgan fingerprint density at radius 2 is 1.97 bits per heavy atom. The molecule has 0 spiro atoms. The molecule has 1 saturated carbocycles. The number of aromatic nitrogens is 2. The van der Waals surface area contributed by atoms with Crippen LogP contribution in [0.1, 0.15) is 39.2 Å². The molecule has 3 N–H and O–H groups in total. The van der Waals surface area contributed by atoms with Crippen molar-refractivity contribution in [3.05, 3.63) is 66.9 Å². The van der Waals surface area contributed by atoms with Crippen LogP contribution in [0.3, 0.4) is 0 Å². The van der Waals surface area contributed by atoms with Gasteiger partial charge in [0.25, 0.3) is 0 Å². The van der Waals surface area contributed by atoms with Crippen LogP contribution >= 0.6 is 11.8 Å². The molecule has 2 heterocycles. The second-order valence-electron chi connectivity index (χ2n) is 9.42. The molecule has 1 aliphatic rings. The van der Waals surface area contributed by atoms with Crippen molar-refractivity contribution < 1.29 is 14.3 Å². The number of carbonyl (C=O) groups excluding carboxylic acids is 1. The van der Waals surface area contributed by atoms with E-state index in [0.717, 1.165) is 57.2 Å². The van der Waals surface area contributed by atoms with E-state index in [1.165, 1.54) is 6.42 Å². The zero-order chi connectivity index (χ0) is 25.8. The number of ether oxygens (including phenoxy) is 2. The van der Waals surface area contributed by atoms with Crippen LogP contribution in [0, 0.1) is 0 Å². The van der Waals surface area contributed by atoms with Crippen molar-refractivity contribution in [2.24, 2.45) is 0 Å². The minimum Gasteiger partial charge on any atom is -0.493 e. The first-order valence-corrected chi connectivity index (χ1v) is 13.7. The summed E-state index contributed by atoms with van der Waals surface area (Å²) in [5.74, 6) is 1.65. The maximum atomic E-state index is 12.0. The SMILES string of the molecule is CC(C)OC(=O)Nc1ccc(-c2c(N)c3ccc(OCCSc4ccccn4)cc3n2C2CCC2)cc1. The van der Waals surface area contributed by atoms with Crippen LogP contribution < -0.4 is 15.8 Å². The summed E-state index contributed by atoms with van der Waals surface area (Å²) in [6, 6.07) is 20.2. The summed E-state index contributed by atoms with van der Waals surface area (Å²) in [5, 5.41) is 4.80. The Bertz CT molecular complexity index is 1370. The average molecular weight is 517 g/mol. The van der Waals surface area contributed by atoms with Crippen molar-refractivity contribution in [1.29, 1.82) is 0 Å². The van der Waals surface area contributed by atoms with Gasteiger partial charge in [0.1, 0.15) is 5.75 Å². The van der Waals surface area contributed by atoms with Crippen LogP contribution in [0.15, 0.2) is 71.9 Å². The van der Waals surface area contributed by atoms with E-state index in [9.17, 15) is 4.79 Å². The molecule has 2 aromatic carbocycles. The van der Waals surface area contributed by atoms with Gasteiger partial charge in [0.2, 0.25) is 0 Å². The first-order valence-electron chi connectivity index (χ1n) is 12.7.